The molecule has 0 bridgehead atoms. The zero-order valence-electron chi connectivity index (χ0n) is 7.33. The van der Waals surface area contributed by atoms with E-state index in [9.17, 15) is 10.2 Å². The quantitative estimate of drug-likeness (QED) is 0.612. The van der Waals surface area contributed by atoms with E-state index in [4.69, 9.17) is 0 Å². The first-order chi connectivity index (χ1) is 6.25. The molecule has 0 aromatic heterocycles. The van der Waals surface area contributed by atoms with Gasteiger partial charge in [-0.15, -0.1) is 0 Å². The first-order valence-electron chi connectivity index (χ1n) is 4.52. The monoisotopic (exact) mass is 179 g/mol. The van der Waals surface area contributed by atoms with Crippen molar-refractivity contribution in [3.8, 4) is 11.5 Å². The Morgan fingerprint density at radius 2 is 1.85 bits per heavy atom. The Labute approximate surface area is 77.0 Å². The summed E-state index contributed by atoms with van der Waals surface area (Å²) in [4.78, 5) is 0. The van der Waals surface area contributed by atoms with E-state index in [1.165, 1.54) is 6.07 Å². The molecule has 70 valence electrons. The molecule has 3 heteroatoms. The number of hydrogen-bond donors (Lipinski definition) is 3. The first-order valence-corrected chi connectivity index (χ1v) is 4.52. The lowest BCUT2D eigenvalue weighted by atomic mass is 10.0. The Morgan fingerprint density at radius 3 is 2.38 bits per heavy atom. The minimum Gasteiger partial charge on any atom is -0.508 e. The second kappa shape index (κ2) is 3.26. The number of rotatable bonds is 1. The van der Waals surface area contributed by atoms with Crippen molar-refractivity contribution in [1.82, 2.24) is 5.32 Å². The van der Waals surface area contributed by atoms with Crippen molar-refractivity contribution in [2.45, 2.75) is 18.9 Å². The lowest BCUT2D eigenvalue weighted by Gasteiger charge is -2.10. The van der Waals surface area contributed by atoms with Crippen LogP contribution in [-0.4, -0.2) is 16.8 Å². The molecule has 0 saturated carbocycles. The molecule has 13 heavy (non-hydrogen) atoms. The van der Waals surface area contributed by atoms with Crippen LogP contribution < -0.4 is 5.32 Å². The number of hydrogen-bond acceptors (Lipinski definition) is 3. The summed E-state index contributed by atoms with van der Waals surface area (Å²) in [6, 6.07) is 5.03. The van der Waals surface area contributed by atoms with Crippen LogP contribution in [0.25, 0.3) is 0 Å². The molecule has 1 aromatic carbocycles. The van der Waals surface area contributed by atoms with Gasteiger partial charge in [-0.2, -0.15) is 0 Å². The van der Waals surface area contributed by atoms with Gasteiger partial charge in [0.1, 0.15) is 11.5 Å². The summed E-state index contributed by atoms with van der Waals surface area (Å²) < 4.78 is 0. The summed E-state index contributed by atoms with van der Waals surface area (Å²) in [5.41, 5.74) is 0.968. The van der Waals surface area contributed by atoms with E-state index in [-0.39, 0.29) is 17.5 Å². The Morgan fingerprint density at radius 1 is 1.15 bits per heavy atom. The van der Waals surface area contributed by atoms with Gasteiger partial charge >= 0.3 is 0 Å². The van der Waals surface area contributed by atoms with Gasteiger partial charge in [-0.1, -0.05) is 0 Å². The summed E-state index contributed by atoms with van der Waals surface area (Å²) >= 11 is 0. The van der Waals surface area contributed by atoms with Crippen molar-refractivity contribution in [1.29, 1.82) is 0 Å². The molecule has 0 amide bonds. The molecule has 1 aliphatic heterocycles. The highest BCUT2D eigenvalue weighted by atomic mass is 16.3. The van der Waals surface area contributed by atoms with E-state index < -0.39 is 0 Å². The average Bonchev–Trinajstić information content (AvgIpc) is 2.53. The molecule has 0 spiro atoms. The number of phenolic OH excluding ortho intramolecular Hbond substituents is 2. The van der Waals surface area contributed by atoms with Crippen LogP contribution >= 0.6 is 0 Å². The fourth-order valence-corrected chi connectivity index (χ4v) is 1.79. The van der Waals surface area contributed by atoms with Gasteiger partial charge in [0, 0.05) is 12.1 Å². The van der Waals surface area contributed by atoms with Gasteiger partial charge in [-0.05, 0) is 37.1 Å². The highest BCUT2D eigenvalue weighted by Crippen LogP contribution is 2.29. The molecule has 0 unspecified atom stereocenters. The summed E-state index contributed by atoms with van der Waals surface area (Å²) in [6.45, 7) is 1.01. The van der Waals surface area contributed by atoms with E-state index in [2.05, 4.69) is 5.32 Å². The number of nitrogens with one attached hydrogen (secondary N) is 1. The van der Waals surface area contributed by atoms with Crippen molar-refractivity contribution < 1.29 is 10.2 Å². The predicted octanol–water partition coefficient (Wildman–Crippen LogP) is 1.52. The fourth-order valence-electron chi connectivity index (χ4n) is 1.79. The van der Waals surface area contributed by atoms with Crippen LogP contribution in [0.4, 0.5) is 0 Å². The Hall–Kier alpha value is -1.22. The molecule has 1 saturated heterocycles. The molecule has 1 aromatic rings. The van der Waals surface area contributed by atoms with Crippen LogP contribution in [-0.2, 0) is 0 Å². The van der Waals surface area contributed by atoms with Crippen LogP contribution in [0.3, 0.4) is 0 Å². The van der Waals surface area contributed by atoms with E-state index in [1.807, 2.05) is 0 Å². The average molecular weight is 179 g/mol. The second-order valence-electron chi connectivity index (χ2n) is 3.43. The van der Waals surface area contributed by atoms with Gasteiger partial charge in [-0.3, -0.25) is 0 Å². The van der Waals surface area contributed by atoms with E-state index in [0.717, 1.165) is 24.9 Å². The minimum atomic E-state index is 0.128. The lowest BCUT2D eigenvalue weighted by molar-refractivity contribution is 0.447. The molecular formula is C10H13NO2. The molecule has 1 atom stereocenters. The predicted molar refractivity (Wildman–Crippen MR) is 49.7 cm³/mol. The molecule has 3 N–H and O–H groups in total. The summed E-state index contributed by atoms with van der Waals surface area (Å²) in [5.74, 6) is 0.257. The van der Waals surface area contributed by atoms with Crippen LogP contribution in [0.1, 0.15) is 24.4 Å². The van der Waals surface area contributed by atoms with Crippen LogP contribution in [0, 0.1) is 0 Å². The molecule has 2 rings (SSSR count). The summed E-state index contributed by atoms with van der Waals surface area (Å²) in [7, 11) is 0. The van der Waals surface area contributed by atoms with Crippen LogP contribution in [0.15, 0.2) is 18.2 Å². The topological polar surface area (TPSA) is 52.5 Å². The van der Waals surface area contributed by atoms with E-state index >= 15 is 0 Å². The first kappa shape index (κ1) is 8.38. The number of benzene rings is 1. The van der Waals surface area contributed by atoms with Gasteiger partial charge in [0.15, 0.2) is 0 Å². The third-order valence-electron chi connectivity index (χ3n) is 2.39. The van der Waals surface area contributed by atoms with Crippen molar-refractivity contribution >= 4 is 0 Å². The zero-order valence-corrected chi connectivity index (χ0v) is 7.33. The second-order valence-corrected chi connectivity index (χ2v) is 3.43. The standard InChI is InChI=1S/C10H13NO2/c12-8-4-7(5-9(13)6-8)10-2-1-3-11-10/h4-6,10-13H,1-3H2/t10-/m1/s1. The summed E-state index contributed by atoms with van der Waals surface area (Å²) in [5, 5.41) is 21.8. The summed E-state index contributed by atoms with van der Waals surface area (Å²) in [6.07, 6.45) is 2.23. The van der Waals surface area contributed by atoms with Gasteiger partial charge in [0.2, 0.25) is 0 Å². The molecule has 0 aliphatic carbocycles. The maximum atomic E-state index is 9.27. The van der Waals surface area contributed by atoms with Gasteiger partial charge in [-0.25, -0.2) is 0 Å². The van der Waals surface area contributed by atoms with Crippen molar-refractivity contribution in [3.05, 3.63) is 23.8 Å². The molecule has 0 radical (unpaired) electrons. The third-order valence-corrected chi connectivity index (χ3v) is 2.39. The Bertz CT molecular complexity index is 286. The molecule has 3 nitrogen and oxygen atoms in total. The normalized spacial score (nSPS) is 22.0. The molecule has 1 fully saturated rings. The Kier molecular flexibility index (Phi) is 2.10. The van der Waals surface area contributed by atoms with E-state index in [1.54, 1.807) is 12.1 Å². The third kappa shape index (κ3) is 1.75. The largest absolute Gasteiger partial charge is 0.508 e. The maximum absolute atomic E-state index is 9.27. The smallest absolute Gasteiger partial charge is 0.119 e. The van der Waals surface area contributed by atoms with Crippen LogP contribution in [0.2, 0.25) is 0 Å². The van der Waals surface area contributed by atoms with Gasteiger partial charge in [0.05, 0.1) is 0 Å². The lowest BCUT2D eigenvalue weighted by Crippen LogP contribution is -2.12. The highest BCUT2D eigenvalue weighted by molar-refractivity contribution is 5.38. The minimum absolute atomic E-state index is 0.128. The van der Waals surface area contributed by atoms with Crippen molar-refractivity contribution in [3.63, 3.8) is 0 Å². The van der Waals surface area contributed by atoms with Crippen LogP contribution in [0.5, 0.6) is 11.5 Å². The van der Waals surface area contributed by atoms with Gasteiger partial charge < -0.3 is 15.5 Å². The number of aromatic hydroxyl groups is 2. The molecule has 1 heterocycles. The maximum Gasteiger partial charge on any atom is 0.119 e. The zero-order chi connectivity index (χ0) is 9.26. The molecule has 1 aliphatic rings. The van der Waals surface area contributed by atoms with Crippen molar-refractivity contribution in [2.24, 2.45) is 0 Å². The Balaban J connectivity index is 2.28. The van der Waals surface area contributed by atoms with E-state index in [0.29, 0.717) is 0 Å². The van der Waals surface area contributed by atoms with Crippen molar-refractivity contribution in [2.75, 3.05) is 6.54 Å². The number of phenols is 2. The fraction of sp³-hybridized carbons (Fsp3) is 0.400. The highest BCUT2D eigenvalue weighted by Gasteiger charge is 2.16. The SMILES string of the molecule is Oc1cc(O)cc([C@H]2CCCN2)c1. The molecular weight excluding hydrogens is 166 g/mol. The van der Waals surface area contributed by atoms with Gasteiger partial charge in [0.25, 0.3) is 0 Å².